The van der Waals surface area contributed by atoms with Crippen molar-refractivity contribution in [2.75, 3.05) is 0 Å². The molecule has 2 atom stereocenters. The van der Waals surface area contributed by atoms with Gasteiger partial charge in [-0.25, -0.2) is 13.2 Å². The minimum atomic E-state index is -1.36. The molecule has 0 spiro atoms. The average Bonchev–Trinajstić information content (AvgIpc) is 2.71. The number of hydrogen-bond donors (Lipinski definition) is 1. The summed E-state index contributed by atoms with van der Waals surface area (Å²) in [6, 6.07) is -0.547. The zero-order valence-corrected chi connectivity index (χ0v) is 11.4. The highest BCUT2D eigenvalue weighted by atomic mass is 19.2. The Hall–Kier alpha value is -2.05. The number of halogens is 3. The molecule has 1 amide bonds. The SMILES string of the molecule is CC(C)N1C(=O)CC(C(=O)O)C1c1cc(F)c(F)cc1F. The smallest absolute Gasteiger partial charge is 0.309 e. The number of amides is 1. The molecular weight excluding hydrogens is 287 g/mol. The summed E-state index contributed by atoms with van der Waals surface area (Å²) in [4.78, 5) is 24.4. The van der Waals surface area contributed by atoms with E-state index >= 15 is 0 Å². The van der Waals surface area contributed by atoms with Gasteiger partial charge in [-0.15, -0.1) is 0 Å². The fraction of sp³-hybridized carbons (Fsp3) is 0.429. The van der Waals surface area contributed by atoms with Gasteiger partial charge in [-0.1, -0.05) is 0 Å². The molecule has 1 saturated heterocycles. The van der Waals surface area contributed by atoms with Gasteiger partial charge in [0.1, 0.15) is 5.82 Å². The van der Waals surface area contributed by atoms with Gasteiger partial charge in [-0.05, 0) is 19.9 Å². The van der Waals surface area contributed by atoms with Crippen LogP contribution in [0.15, 0.2) is 12.1 Å². The molecule has 7 heteroatoms. The Bertz CT molecular complexity index is 603. The summed E-state index contributed by atoms with van der Waals surface area (Å²) < 4.78 is 40.3. The quantitative estimate of drug-likeness (QED) is 0.873. The van der Waals surface area contributed by atoms with E-state index in [1.165, 1.54) is 4.90 Å². The van der Waals surface area contributed by atoms with Crippen molar-refractivity contribution >= 4 is 11.9 Å². The van der Waals surface area contributed by atoms with Gasteiger partial charge in [0, 0.05) is 24.1 Å². The maximum atomic E-state index is 13.9. The van der Waals surface area contributed by atoms with Crippen LogP contribution in [0, 0.1) is 23.4 Å². The molecular formula is C14H14F3NO3. The lowest BCUT2D eigenvalue weighted by atomic mass is 9.92. The van der Waals surface area contributed by atoms with E-state index in [0.717, 1.165) is 0 Å². The van der Waals surface area contributed by atoms with Crippen molar-refractivity contribution in [3.05, 3.63) is 35.1 Å². The molecule has 114 valence electrons. The molecule has 1 heterocycles. The van der Waals surface area contributed by atoms with Crippen molar-refractivity contribution in [2.24, 2.45) is 5.92 Å². The molecule has 0 radical (unpaired) electrons. The molecule has 21 heavy (non-hydrogen) atoms. The molecule has 1 aliphatic rings. The Morgan fingerprint density at radius 1 is 1.24 bits per heavy atom. The summed E-state index contributed by atoms with van der Waals surface area (Å²) in [5, 5.41) is 9.21. The van der Waals surface area contributed by atoms with Crippen molar-refractivity contribution < 1.29 is 27.9 Å². The number of carboxylic acid groups (broad SMARTS) is 1. The first-order valence-corrected chi connectivity index (χ1v) is 6.42. The van der Waals surface area contributed by atoms with Gasteiger partial charge in [0.05, 0.1) is 12.0 Å². The van der Waals surface area contributed by atoms with Crippen LogP contribution in [0.3, 0.4) is 0 Å². The van der Waals surface area contributed by atoms with E-state index in [2.05, 4.69) is 0 Å². The van der Waals surface area contributed by atoms with Crippen LogP contribution >= 0.6 is 0 Å². The van der Waals surface area contributed by atoms with Gasteiger partial charge in [-0.3, -0.25) is 9.59 Å². The lowest BCUT2D eigenvalue weighted by Gasteiger charge is -2.31. The monoisotopic (exact) mass is 301 g/mol. The van der Waals surface area contributed by atoms with Crippen molar-refractivity contribution in [1.82, 2.24) is 4.90 Å². The van der Waals surface area contributed by atoms with E-state index in [9.17, 15) is 27.9 Å². The number of likely N-dealkylation sites (tertiary alicyclic amines) is 1. The normalized spacial score (nSPS) is 22.2. The zero-order chi connectivity index (χ0) is 15.9. The third-order valence-electron chi connectivity index (χ3n) is 3.60. The number of carbonyl (C=O) groups excluding carboxylic acids is 1. The maximum absolute atomic E-state index is 13.9. The van der Waals surface area contributed by atoms with Crippen LogP contribution in [0.5, 0.6) is 0 Å². The largest absolute Gasteiger partial charge is 0.481 e. The van der Waals surface area contributed by atoms with E-state index in [0.29, 0.717) is 12.1 Å². The van der Waals surface area contributed by atoms with E-state index in [1.807, 2.05) is 0 Å². The number of hydrogen-bond acceptors (Lipinski definition) is 2. The molecule has 1 aromatic carbocycles. The minimum Gasteiger partial charge on any atom is -0.481 e. The molecule has 0 saturated carbocycles. The van der Waals surface area contributed by atoms with Crippen LogP contribution < -0.4 is 0 Å². The fourth-order valence-corrected chi connectivity index (χ4v) is 2.72. The van der Waals surface area contributed by atoms with Crippen molar-refractivity contribution in [2.45, 2.75) is 32.4 Å². The number of aliphatic carboxylic acids is 1. The third-order valence-corrected chi connectivity index (χ3v) is 3.60. The van der Waals surface area contributed by atoms with E-state index < -0.39 is 41.3 Å². The summed E-state index contributed by atoms with van der Waals surface area (Å²) in [6.07, 6.45) is -0.295. The zero-order valence-electron chi connectivity index (χ0n) is 11.4. The Morgan fingerprint density at radius 2 is 1.81 bits per heavy atom. The topological polar surface area (TPSA) is 57.6 Å². The maximum Gasteiger partial charge on any atom is 0.309 e. The third kappa shape index (κ3) is 2.59. The second kappa shape index (κ2) is 5.38. The van der Waals surface area contributed by atoms with Crippen LogP contribution in [0.1, 0.15) is 31.9 Å². The van der Waals surface area contributed by atoms with Crippen LogP contribution in [0.4, 0.5) is 13.2 Å². The van der Waals surface area contributed by atoms with Crippen LogP contribution in [-0.2, 0) is 9.59 Å². The minimum absolute atomic E-state index is 0.295. The van der Waals surface area contributed by atoms with E-state index in [1.54, 1.807) is 13.8 Å². The molecule has 1 aromatic rings. The van der Waals surface area contributed by atoms with Crippen LogP contribution in [-0.4, -0.2) is 27.9 Å². The molecule has 2 rings (SSSR count). The molecule has 0 aromatic heterocycles. The summed E-state index contributed by atoms with van der Waals surface area (Å²) in [6.45, 7) is 3.29. The Labute approximate surface area is 119 Å². The highest BCUT2D eigenvalue weighted by molar-refractivity contribution is 5.87. The van der Waals surface area contributed by atoms with Gasteiger partial charge in [0.25, 0.3) is 0 Å². The Kier molecular flexibility index (Phi) is 3.93. The second-order valence-corrected chi connectivity index (χ2v) is 5.28. The lowest BCUT2D eigenvalue weighted by Crippen LogP contribution is -2.36. The molecule has 1 fully saturated rings. The predicted molar refractivity (Wildman–Crippen MR) is 66.8 cm³/mol. The predicted octanol–water partition coefficient (Wildman–Crippen LogP) is 2.49. The summed E-state index contributed by atoms with van der Waals surface area (Å²) in [7, 11) is 0. The van der Waals surface area contributed by atoms with Crippen molar-refractivity contribution in [3.63, 3.8) is 0 Å². The molecule has 1 aliphatic heterocycles. The number of carboxylic acids is 1. The first-order valence-electron chi connectivity index (χ1n) is 6.42. The molecule has 2 unspecified atom stereocenters. The highest BCUT2D eigenvalue weighted by Crippen LogP contribution is 2.41. The van der Waals surface area contributed by atoms with Crippen molar-refractivity contribution in [3.8, 4) is 0 Å². The second-order valence-electron chi connectivity index (χ2n) is 5.28. The first-order chi connectivity index (χ1) is 9.73. The summed E-state index contributed by atoms with van der Waals surface area (Å²) in [5.74, 6) is -6.63. The highest BCUT2D eigenvalue weighted by Gasteiger charge is 2.46. The Balaban J connectivity index is 2.58. The van der Waals surface area contributed by atoms with Gasteiger partial charge in [-0.2, -0.15) is 0 Å². The van der Waals surface area contributed by atoms with E-state index in [4.69, 9.17) is 0 Å². The Morgan fingerprint density at radius 3 is 2.33 bits per heavy atom. The number of nitrogens with zero attached hydrogens (tertiary/aromatic N) is 1. The lowest BCUT2D eigenvalue weighted by molar-refractivity contribution is -0.142. The van der Waals surface area contributed by atoms with Gasteiger partial charge in [0.15, 0.2) is 11.6 Å². The number of benzene rings is 1. The number of carbonyl (C=O) groups is 2. The standard InChI is InChI=1S/C14H14F3NO3/c1-6(2)18-12(19)4-8(14(20)21)13(18)7-3-10(16)11(17)5-9(7)15/h3,5-6,8,13H,4H2,1-2H3,(H,20,21). The molecule has 0 aliphatic carbocycles. The molecule has 4 nitrogen and oxygen atoms in total. The molecule has 1 N–H and O–H groups in total. The van der Waals surface area contributed by atoms with Gasteiger partial charge < -0.3 is 10.0 Å². The van der Waals surface area contributed by atoms with Crippen molar-refractivity contribution in [1.29, 1.82) is 0 Å². The fourth-order valence-electron chi connectivity index (χ4n) is 2.72. The van der Waals surface area contributed by atoms with Crippen LogP contribution in [0.25, 0.3) is 0 Å². The van der Waals surface area contributed by atoms with Gasteiger partial charge in [0.2, 0.25) is 5.91 Å². The first kappa shape index (κ1) is 15.3. The van der Waals surface area contributed by atoms with E-state index in [-0.39, 0.29) is 18.0 Å². The molecule has 0 bridgehead atoms. The summed E-state index contributed by atoms with van der Waals surface area (Å²) >= 11 is 0. The average molecular weight is 301 g/mol. The summed E-state index contributed by atoms with van der Waals surface area (Å²) in [5.41, 5.74) is -0.319. The van der Waals surface area contributed by atoms with Crippen LogP contribution in [0.2, 0.25) is 0 Å². The van der Waals surface area contributed by atoms with Gasteiger partial charge >= 0.3 is 5.97 Å². The number of rotatable bonds is 3.